The van der Waals surface area contributed by atoms with E-state index in [-0.39, 0.29) is 24.8 Å². The third-order valence-corrected chi connectivity index (χ3v) is 0. The molecule has 0 aliphatic rings. The molecule has 0 atom stereocenters. The number of hydrogen-bond donors (Lipinski definition) is 0. The maximum Gasteiger partial charge on any atom is -1.00 e. The summed E-state index contributed by atoms with van der Waals surface area (Å²) in [6, 6.07) is 0. The number of hydrogen-bond acceptors (Lipinski definition) is 0. The quantitative estimate of drug-likeness (QED) is 0.390. The van der Waals surface area contributed by atoms with Crippen molar-refractivity contribution in [3.63, 3.8) is 0 Å². The minimum absolute atomic E-state index is 0. The molecular formula is C3H7Cl2In. The van der Waals surface area contributed by atoms with Gasteiger partial charge in [0.1, 0.15) is 0 Å². The van der Waals surface area contributed by atoms with Crippen molar-refractivity contribution >= 4 is 24.4 Å². The Morgan fingerprint density at radius 2 is 1.17 bits per heavy atom. The van der Waals surface area contributed by atoms with E-state index in [1.54, 1.807) is 0 Å². The van der Waals surface area contributed by atoms with Crippen LogP contribution in [0.25, 0.3) is 0 Å². The van der Waals surface area contributed by atoms with Crippen molar-refractivity contribution in [1.82, 2.24) is 0 Å². The van der Waals surface area contributed by atoms with E-state index in [9.17, 15) is 0 Å². The Morgan fingerprint density at radius 1 is 1.17 bits per heavy atom. The molecule has 0 aromatic carbocycles. The van der Waals surface area contributed by atoms with Crippen molar-refractivity contribution in [1.29, 1.82) is 0 Å². The van der Waals surface area contributed by atoms with Crippen LogP contribution in [0.4, 0.5) is 0 Å². The van der Waals surface area contributed by atoms with Crippen LogP contribution in [0.2, 0.25) is 3.67 Å². The van der Waals surface area contributed by atoms with E-state index in [0.29, 0.717) is 0 Å². The van der Waals surface area contributed by atoms with Gasteiger partial charge in [0.05, 0.1) is 0 Å². The Balaban J connectivity index is -0.0000000450. The van der Waals surface area contributed by atoms with Crippen LogP contribution >= 0.6 is 0 Å². The van der Waals surface area contributed by atoms with E-state index in [1.807, 2.05) is 0 Å². The van der Waals surface area contributed by atoms with E-state index in [0.717, 1.165) is 3.67 Å². The topological polar surface area (TPSA) is 0 Å². The van der Waals surface area contributed by atoms with E-state index in [4.69, 9.17) is 0 Å². The van der Waals surface area contributed by atoms with Gasteiger partial charge in [0, 0.05) is 0 Å². The van der Waals surface area contributed by atoms with Gasteiger partial charge < -0.3 is 24.8 Å². The average molecular weight is 229 g/mol. The second kappa shape index (κ2) is 9.67. The van der Waals surface area contributed by atoms with Gasteiger partial charge in [-0.05, 0) is 0 Å². The summed E-state index contributed by atoms with van der Waals surface area (Å²) in [7, 11) is 0. The first-order valence-corrected chi connectivity index (χ1v) is 3.39. The molecule has 0 saturated carbocycles. The Hall–Kier alpha value is 1.45. The molecular weight excluding hydrogens is 222 g/mol. The molecule has 0 aromatic heterocycles. The second-order valence-corrected chi connectivity index (χ2v) is 5.05. The van der Waals surface area contributed by atoms with E-state index in [2.05, 4.69) is 13.8 Å². The first-order valence-electron chi connectivity index (χ1n) is 1.49. The smallest absolute Gasteiger partial charge is 1.00 e. The molecule has 3 heteroatoms. The van der Waals surface area contributed by atoms with Crippen molar-refractivity contribution in [2.45, 2.75) is 17.5 Å². The standard InChI is InChI=1S/C3H7.2ClH.In/c1-3-2;;;/h3H,1-2H3;2*1H;/q;;;+2/p-2. The van der Waals surface area contributed by atoms with Crippen molar-refractivity contribution in [3.8, 4) is 0 Å². The molecule has 6 heavy (non-hydrogen) atoms. The fraction of sp³-hybridized carbons (Fsp3) is 1.00. The van der Waals surface area contributed by atoms with Crippen molar-refractivity contribution in [3.05, 3.63) is 0 Å². The molecule has 0 nitrogen and oxygen atoms in total. The normalized spacial score (nSPS) is 6.17. The maximum atomic E-state index is 2.22. The molecule has 0 N–H and O–H groups in total. The van der Waals surface area contributed by atoms with Crippen LogP contribution in [0, 0.1) is 0 Å². The second-order valence-electron chi connectivity index (χ2n) is 1.24. The Morgan fingerprint density at radius 3 is 1.17 bits per heavy atom. The van der Waals surface area contributed by atoms with Crippen molar-refractivity contribution < 1.29 is 24.8 Å². The molecule has 0 aliphatic heterocycles. The minimum atomic E-state index is 0. The first kappa shape index (κ1) is 15.7. The van der Waals surface area contributed by atoms with Crippen LogP contribution in [0.15, 0.2) is 0 Å². The van der Waals surface area contributed by atoms with Gasteiger partial charge in [-0.15, -0.1) is 0 Å². The molecule has 0 bridgehead atoms. The van der Waals surface area contributed by atoms with Crippen molar-refractivity contribution in [2.24, 2.45) is 0 Å². The summed E-state index contributed by atoms with van der Waals surface area (Å²) in [6.45, 7) is 4.45. The average Bonchev–Trinajstić information content (AvgIpc) is 0.811. The Kier molecular flexibility index (Phi) is 25.2. The minimum Gasteiger partial charge on any atom is -1.00 e. The predicted molar refractivity (Wildman–Crippen MR) is 20.9 cm³/mol. The zero-order chi connectivity index (χ0) is 3.58. The summed E-state index contributed by atoms with van der Waals surface area (Å²) >= 11 is 1.40. The van der Waals surface area contributed by atoms with Crippen LogP contribution in [0.3, 0.4) is 0 Å². The Labute approximate surface area is 66.5 Å². The molecule has 0 radical (unpaired) electrons. The van der Waals surface area contributed by atoms with Crippen LogP contribution in [-0.2, 0) is 0 Å². The van der Waals surface area contributed by atoms with E-state index >= 15 is 0 Å². The van der Waals surface area contributed by atoms with Gasteiger partial charge in [-0.3, -0.25) is 0 Å². The first-order chi connectivity index (χ1) is 1.73. The van der Waals surface area contributed by atoms with Crippen LogP contribution in [-0.4, -0.2) is 24.4 Å². The van der Waals surface area contributed by atoms with Crippen LogP contribution in [0.1, 0.15) is 13.8 Å². The number of halogens is 2. The molecule has 0 amide bonds. The fourth-order valence-electron chi connectivity index (χ4n) is 0. The predicted octanol–water partition coefficient (Wildman–Crippen LogP) is -5.01. The summed E-state index contributed by atoms with van der Waals surface area (Å²) in [4.78, 5) is 0. The summed E-state index contributed by atoms with van der Waals surface area (Å²) in [6.07, 6.45) is 0. The molecule has 0 spiro atoms. The third kappa shape index (κ3) is 51.3. The molecule has 0 aromatic rings. The monoisotopic (exact) mass is 228 g/mol. The molecule has 0 fully saturated rings. The molecule has 0 unspecified atom stereocenters. The van der Waals surface area contributed by atoms with Crippen LogP contribution < -0.4 is 24.8 Å². The molecule has 36 valence electrons. The van der Waals surface area contributed by atoms with Gasteiger partial charge in [0.15, 0.2) is 0 Å². The van der Waals surface area contributed by atoms with E-state index < -0.39 is 0 Å². The molecule has 0 rings (SSSR count). The zero-order valence-corrected chi connectivity index (χ0v) is 8.72. The molecule has 0 heterocycles. The van der Waals surface area contributed by atoms with E-state index in [1.165, 1.54) is 24.4 Å². The molecule has 0 aliphatic carbocycles. The van der Waals surface area contributed by atoms with Crippen molar-refractivity contribution in [2.75, 3.05) is 0 Å². The van der Waals surface area contributed by atoms with Gasteiger partial charge in [0.25, 0.3) is 0 Å². The zero-order valence-electron chi connectivity index (χ0n) is 3.91. The summed E-state index contributed by atoms with van der Waals surface area (Å²) in [5.74, 6) is 0. The molecule has 0 saturated heterocycles. The number of rotatable bonds is 0. The van der Waals surface area contributed by atoms with Gasteiger partial charge in [-0.2, -0.15) is 0 Å². The van der Waals surface area contributed by atoms with Gasteiger partial charge in [0.2, 0.25) is 0 Å². The van der Waals surface area contributed by atoms with Gasteiger partial charge in [-0.25, -0.2) is 0 Å². The van der Waals surface area contributed by atoms with Gasteiger partial charge >= 0.3 is 41.9 Å². The third-order valence-electron chi connectivity index (χ3n) is 0. The van der Waals surface area contributed by atoms with Gasteiger partial charge in [-0.1, -0.05) is 0 Å². The fourth-order valence-corrected chi connectivity index (χ4v) is 0. The Bertz CT molecular complexity index is 13.5. The maximum absolute atomic E-state index is 2.22. The summed E-state index contributed by atoms with van der Waals surface area (Å²) < 4.78 is 0.963. The summed E-state index contributed by atoms with van der Waals surface area (Å²) in [5.41, 5.74) is 0. The SMILES string of the molecule is C[CH](C)[In+2].[Cl-].[Cl-]. The largest absolute Gasteiger partial charge is 1.00 e. The summed E-state index contributed by atoms with van der Waals surface area (Å²) in [5, 5.41) is 0. The van der Waals surface area contributed by atoms with Crippen LogP contribution in [0.5, 0.6) is 0 Å².